The van der Waals surface area contributed by atoms with Crippen molar-refractivity contribution in [3.05, 3.63) is 42.4 Å². The quantitative estimate of drug-likeness (QED) is 0.909. The minimum Gasteiger partial charge on any atom is -0.481 e. The summed E-state index contributed by atoms with van der Waals surface area (Å²) >= 11 is 0. The van der Waals surface area contributed by atoms with Crippen LogP contribution >= 0.6 is 0 Å². The number of nitrogens with zero attached hydrogens (tertiary/aromatic N) is 2. The molecule has 0 amide bonds. The molecule has 4 heteroatoms. The van der Waals surface area contributed by atoms with Gasteiger partial charge < -0.3 is 14.6 Å². The number of pyridine rings is 1. The average Bonchev–Trinajstić information content (AvgIpc) is 3.16. The first-order valence-electron chi connectivity index (χ1n) is 7.27. The average molecular weight is 271 g/mol. The third-order valence-electron chi connectivity index (χ3n) is 3.97. The molecule has 3 rings (SSSR count). The molecule has 2 heterocycles. The van der Waals surface area contributed by atoms with E-state index in [-0.39, 0.29) is 0 Å². The van der Waals surface area contributed by atoms with Crippen LogP contribution in [0.15, 0.2) is 36.7 Å². The Hall–Kier alpha value is -1.81. The number of rotatable bonds is 5. The normalized spacial score (nSPS) is 15.7. The molecular weight excluding hydrogens is 250 g/mol. The lowest BCUT2D eigenvalue weighted by Crippen LogP contribution is -2.26. The molecule has 1 saturated carbocycles. The van der Waals surface area contributed by atoms with E-state index in [0.29, 0.717) is 11.9 Å². The Balaban J connectivity index is 1.71. The van der Waals surface area contributed by atoms with Gasteiger partial charge in [0.15, 0.2) is 0 Å². The standard InChI is InChI=1S/C16H21N3O/c1-20-16-9-8-15(12-18-16)19-10-4-7-14(19)11-17-13-5-2-3-6-13/h4,7-10,12-13,17H,2-3,5-6,11H2,1H3. The zero-order valence-electron chi connectivity index (χ0n) is 11.9. The van der Waals surface area contributed by atoms with Crippen molar-refractivity contribution in [2.45, 2.75) is 38.3 Å². The highest BCUT2D eigenvalue weighted by Gasteiger charge is 2.14. The van der Waals surface area contributed by atoms with Crippen molar-refractivity contribution in [2.75, 3.05) is 7.11 Å². The van der Waals surface area contributed by atoms with Crippen molar-refractivity contribution in [1.29, 1.82) is 0 Å². The third-order valence-corrected chi connectivity index (χ3v) is 3.97. The molecular formula is C16H21N3O. The van der Waals surface area contributed by atoms with E-state index in [2.05, 4.69) is 33.2 Å². The van der Waals surface area contributed by atoms with Crippen molar-refractivity contribution in [3.8, 4) is 11.6 Å². The Morgan fingerprint density at radius 1 is 1.30 bits per heavy atom. The van der Waals surface area contributed by atoms with Crippen LogP contribution in [0.3, 0.4) is 0 Å². The van der Waals surface area contributed by atoms with Gasteiger partial charge in [-0.15, -0.1) is 0 Å². The molecule has 4 nitrogen and oxygen atoms in total. The van der Waals surface area contributed by atoms with Crippen LogP contribution in [0.2, 0.25) is 0 Å². The van der Waals surface area contributed by atoms with Crippen LogP contribution in [0.25, 0.3) is 5.69 Å². The minimum atomic E-state index is 0.645. The van der Waals surface area contributed by atoms with Crippen LogP contribution in [0.5, 0.6) is 5.88 Å². The molecule has 0 saturated heterocycles. The summed E-state index contributed by atoms with van der Waals surface area (Å²) in [5.74, 6) is 0.645. The van der Waals surface area contributed by atoms with Gasteiger partial charge in [0.1, 0.15) is 0 Å². The second kappa shape index (κ2) is 6.09. The van der Waals surface area contributed by atoms with E-state index in [0.717, 1.165) is 12.2 Å². The number of hydrogen-bond donors (Lipinski definition) is 1. The number of ether oxygens (including phenoxy) is 1. The topological polar surface area (TPSA) is 39.1 Å². The Bertz CT molecular complexity index is 541. The molecule has 2 aromatic rings. The molecule has 1 fully saturated rings. The van der Waals surface area contributed by atoms with E-state index in [9.17, 15) is 0 Å². The molecule has 106 valence electrons. The zero-order valence-corrected chi connectivity index (χ0v) is 11.9. The van der Waals surface area contributed by atoms with E-state index in [1.165, 1.54) is 31.4 Å². The molecule has 1 N–H and O–H groups in total. The molecule has 0 spiro atoms. The van der Waals surface area contributed by atoms with E-state index >= 15 is 0 Å². The fourth-order valence-corrected chi connectivity index (χ4v) is 2.83. The van der Waals surface area contributed by atoms with Crippen molar-refractivity contribution < 1.29 is 4.74 Å². The van der Waals surface area contributed by atoms with Gasteiger partial charge in [-0.05, 0) is 31.0 Å². The highest BCUT2D eigenvalue weighted by molar-refractivity contribution is 5.34. The predicted molar refractivity (Wildman–Crippen MR) is 79.2 cm³/mol. The maximum absolute atomic E-state index is 5.10. The van der Waals surface area contributed by atoms with Gasteiger partial charge in [0, 0.05) is 30.5 Å². The van der Waals surface area contributed by atoms with Crippen LogP contribution in [0.1, 0.15) is 31.4 Å². The first kappa shape index (κ1) is 13.2. The minimum absolute atomic E-state index is 0.645. The van der Waals surface area contributed by atoms with Crippen molar-refractivity contribution >= 4 is 0 Å². The maximum atomic E-state index is 5.10. The second-order valence-electron chi connectivity index (χ2n) is 5.29. The molecule has 0 radical (unpaired) electrons. The van der Waals surface area contributed by atoms with Gasteiger partial charge in [0.25, 0.3) is 0 Å². The molecule has 1 aliphatic rings. The lowest BCUT2D eigenvalue weighted by Gasteiger charge is -2.14. The fraction of sp³-hybridized carbons (Fsp3) is 0.438. The first-order chi connectivity index (χ1) is 9.86. The molecule has 20 heavy (non-hydrogen) atoms. The summed E-state index contributed by atoms with van der Waals surface area (Å²) in [4.78, 5) is 4.27. The van der Waals surface area contributed by atoms with E-state index in [4.69, 9.17) is 4.74 Å². The summed E-state index contributed by atoms with van der Waals surface area (Å²) in [6.45, 7) is 0.906. The largest absolute Gasteiger partial charge is 0.481 e. The molecule has 1 aliphatic carbocycles. The SMILES string of the molecule is COc1ccc(-n2cccc2CNC2CCCC2)cn1. The van der Waals surface area contributed by atoms with Crippen LogP contribution in [0, 0.1) is 0 Å². The second-order valence-corrected chi connectivity index (χ2v) is 5.29. The van der Waals surface area contributed by atoms with Gasteiger partial charge >= 0.3 is 0 Å². The number of hydrogen-bond acceptors (Lipinski definition) is 3. The fourth-order valence-electron chi connectivity index (χ4n) is 2.83. The number of nitrogens with one attached hydrogen (secondary N) is 1. The lowest BCUT2D eigenvalue weighted by molar-refractivity contribution is 0.398. The molecule has 0 atom stereocenters. The summed E-state index contributed by atoms with van der Waals surface area (Å²) in [7, 11) is 1.63. The van der Waals surface area contributed by atoms with E-state index < -0.39 is 0 Å². The lowest BCUT2D eigenvalue weighted by atomic mass is 10.2. The first-order valence-corrected chi connectivity index (χ1v) is 7.27. The van der Waals surface area contributed by atoms with Crippen LogP contribution < -0.4 is 10.1 Å². The molecule has 0 unspecified atom stereocenters. The highest BCUT2D eigenvalue weighted by Crippen LogP contribution is 2.19. The Morgan fingerprint density at radius 3 is 2.85 bits per heavy atom. The maximum Gasteiger partial charge on any atom is 0.213 e. The molecule has 0 bridgehead atoms. The number of aromatic nitrogens is 2. The molecule has 0 aromatic carbocycles. The smallest absolute Gasteiger partial charge is 0.213 e. The monoisotopic (exact) mass is 271 g/mol. The van der Waals surface area contributed by atoms with Crippen molar-refractivity contribution in [3.63, 3.8) is 0 Å². The Morgan fingerprint density at radius 2 is 2.15 bits per heavy atom. The Labute approximate surface area is 119 Å². The summed E-state index contributed by atoms with van der Waals surface area (Å²) in [5.41, 5.74) is 2.34. The zero-order chi connectivity index (χ0) is 13.8. The van der Waals surface area contributed by atoms with Gasteiger partial charge in [-0.25, -0.2) is 4.98 Å². The van der Waals surface area contributed by atoms with E-state index in [1.54, 1.807) is 7.11 Å². The van der Waals surface area contributed by atoms with Gasteiger partial charge in [0.05, 0.1) is 19.0 Å². The Kier molecular flexibility index (Phi) is 4.02. The van der Waals surface area contributed by atoms with Crippen LogP contribution in [-0.2, 0) is 6.54 Å². The van der Waals surface area contributed by atoms with E-state index in [1.807, 2.05) is 18.3 Å². The molecule has 2 aromatic heterocycles. The van der Waals surface area contributed by atoms with Gasteiger partial charge in [-0.2, -0.15) is 0 Å². The molecule has 0 aliphatic heterocycles. The third kappa shape index (κ3) is 2.85. The number of methoxy groups -OCH3 is 1. The van der Waals surface area contributed by atoms with Crippen molar-refractivity contribution in [2.24, 2.45) is 0 Å². The summed E-state index contributed by atoms with van der Waals surface area (Å²) in [6, 6.07) is 8.85. The van der Waals surface area contributed by atoms with Crippen LogP contribution in [0.4, 0.5) is 0 Å². The van der Waals surface area contributed by atoms with Gasteiger partial charge in [0.2, 0.25) is 5.88 Å². The summed E-state index contributed by atoms with van der Waals surface area (Å²) < 4.78 is 7.27. The highest BCUT2D eigenvalue weighted by atomic mass is 16.5. The summed E-state index contributed by atoms with van der Waals surface area (Å²) in [6.07, 6.45) is 9.27. The van der Waals surface area contributed by atoms with Gasteiger partial charge in [-0.3, -0.25) is 0 Å². The van der Waals surface area contributed by atoms with Crippen molar-refractivity contribution in [1.82, 2.24) is 14.9 Å². The predicted octanol–water partition coefficient (Wildman–Crippen LogP) is 2.91. The van der Waals surface area contributed by atoms with Gasteiger partial charge in [-0.1, -0.05) is 12.8 Å². The summed E-state index contributed by atoms with van der Waals surface area (Å²) in [5, 5.41) is 3.65. The van der Waals surface area contributed by atoms with Crippen LogP contribution in [-0.4, -0.2) is 22.7 Å².